The van der Waals surface area contributed by atoms with Crippen LogP contribution in [0.2, 0.25) is 0 Å². The maximum absolute atomic E-state index is 11.3. The Kier molecular flexibility index (Phi) is 10.1. The Balaban J connectivity index is 0. The fraction of sp³-hybridized carbons (Fsp3) is 0.889. The highest BCUT2D eigenvalue weighted by atomic mass is 32.1. The van der Waals surface area contributed by atoms with Crippen molar-refractivity contribution in [3.8, 4) is 0 Å². The van der Waals surface area contributed by atoms with Gasteiger partial charge >= 0.3 is 17.7 Å². The van der Waals surface area contributed by atoms with Gasteiger partial charge in [0.05, 0.1) is 6.61 Å². The molecule has 0 saturated heterocycles. The fourth-order valence-electron chi connectivity index (χ4n) is 0.659. The zero-order valence-electron chi connectivity index (χ0n) is 10.3. The molecule has 0 spiro atoms. The molecule has 0 rings (SSSR count). The van der Waals surface area contributed by atoms with E-state index >= 15 is 0 Å². The molecular formula is C9H19NO5S. The van der Waals surface area contributed by atoms with Crippen LogP contribution in [0.25, 0.3) is 0 Å². The lowest BCUT2D eigenvalue weighted by molar-refractivity contribution is 0.0256. The van der Waals surface area contributed by atoms with Crippen molar-refractivity contribution in [1.82, 2.24) is 4.90 Å². The minimum atomic E-state index is -0.750. The number of methoxy groups -OCH3 is 1. The fourth-order valence-corrected chi connectivity index (χ4v) is 0.659. The minimum Gasteiger partial charge on any atom is -0.444 e. The van der Waals surface area contributed by atoms with Crippen LogP contribution in [-0.2, 0) is 21.0 Å². The Morgan fingerprint density at radius 1 is 1.31 bits per heavy atom. The number of hydrogen-bond donors (Lipinski definition) is 0. The zero-order valence-corrected chi connectivity index (χ0v) is 11.1. The first kappa shape index (κ1) is 17.4. The van der Waals surface area contributed by atoms with E-state index in [9.17, 15) is 4.79 Å². The lowest BCUT2D eigenvalue weighted by atomic mass is 10.2. The van der Waals surface area contributed by atoms with Crippen LogP contribution in [-0.4, -0.2) is 52.3 Å². The number of likely N-dealkylation sites (N-methyl/N-ethyl adjacent to an activating group) is 1. The number of hydrogen-bond acceptors (Lipinski definition) is 5. The van der Waals surface area contributed by atoms with Gasteiger partial charge in [0.15, 0.2) is 0 Å². The maximum atomic E-state index is 11.3. The number of carbonyl (C=O) groups is 1. The van der Waals surface area contributed by atoms with Crippen LogP contribution < -0.4 is 0 Å². The molecule has 7 heteroatoms. The lowest BCUT2D eigenvalue weighted by Gasteiger charge is -2.24. The number of ether oxygens (including phenoxy) is 2. The monoisotopic (exact) mass is 253 g/mol. The molecule has 96 valence electrons. The van der Waals surface area contributed by atoms with Crippen molar-refractivity contribution in [1.29, 1.82) is 0 Å². The predicted octanol–water partition coefficient (Wildman–Crippen LogP) is 0.830. The second-order valence-electron chi connectivity index (χ2n) is 3.96. The minimum absolute atomic E-state index is 0.315. The highest BCUT2D eigenvalue weighted by Gasteiger charge is 2.18. The quantitative estimate of drug-likeness (QED) is 0.745. The molecule has 0 aliphatic rings. The first-order valence-corrected chi connectivity index (χ1v) is 5.30. The van der Waals surface area contributed by atoms with Gasteiger partial charge in [0.25, 0.3) is 0 Å². The second kappa shape index (κ2) is 9.29. The number of nitrogens with zero attached hydrogens (tertiary/aromatic N) is 1. The van der Waals surface area contributed by atoms with Gasteiger partial charge in [0.2, 0.25) is 0 Å². The molecule has 0 saturated carbocycles. The van der Waals surface area contributed by atoms with E-state index in [2.05, 4.69) is 0 Å². The highest BCUT2D eigenvalue weighted by molar-refractivity contribution is 7.51. The number of carbonyl (C=O) groups excluding carboxylic acids is 1. The van der Waals surface area contributed by atoms with Crippen LogP contribution in [0.1, 0.15) is 20.8 Å². The summed E-state index contributed by atoms with van der Waals surface area (Å²) in [5.74, 6) is 0. The van der Waals surface area contributed by atoms with Crippen LogP contribution in [0.15, 0.2) is 0 Å². The van der Waals surface area contributed by atoms with E-state index in [0.29, 0.717) is 13.2 Å². The Hall–Kier alpha value is -0.950. The topological polar surface area (TPSA) is 72.9 Å². The zero-order chi connectivity index (χ0) is 13.2. The predicted molar refractivity (Wildman–Crippen MR) is 59.7 cm³/mol. The average molecular weight is 253 g/mol. The molecule has 0 aliphatic carbocycles. The second-order valence-corrected chi connectivity index (χ2v) is 4.10. The number of amides is 1. The average Bonchev–Trinajstić information content (AvgIpc) is 2.12. The van der Waals surface area contributed by atoms with Crippen LogP contribution in [0, 0.1) is 0 Å². The Morgan fingerprint density at radius 3 is 2.06 bits per heavy atom. The van der Waals surface area contributed by atoms with Crippen LogP contribution in [0.5, 0.6) is 0 Å². The van der Waals surface area contributed by atoms with Gasteiger partial charge in [0, 0.05) is 20.7 Å². The molecule has 0 bridgehead atoms. The van der Waals surface area contributed by atoms with Crippen molar-refractivity contribution in [3.63, 3.8) is 0 Å². The summed E-state index contributed by atoms with van der Waals surface area (Å²) in [6.07, 6.45) is -0.315. The summed E-state index contributed by atoms with van der Waals surface area (Å²) in [6, 6.07) is 0. The van der Waals surface area contributed by atoms with Gasteiger partial charge in [-0.1, -0.05) is 0 Å². The van der Waals surface area contributed by atoms with Crippen molar-refractivity contribution in [2.24, 2.45) is 0 Å². The Morgan fingerprint density at radius 2 is 1.75 bits per heavy atom. The largest absolute Gasteiger partial charge is 0.444 e. The van der Waals surface area contributed by atoms with Gasteiger partial charge in [0.1, 0.15) is 5.60 Å². The van der Waals surface area contributed by atoms with Crippen LogP contribution in [0.4, 0.5) is 4.79 Å². The smallest absolute Gasteiger partial charge is 0.410 e. The molecule has 0 aromatic rings. The van der Waals surface area contributed by atoms with Gasteiger partial charge in [-0.15, -0.1) is 0 Å². The molecule has 6 nitrogen and oxygen atoms in total. The van der Waals surface area contributed by atoms with Crippen molar-refractivity contribution in [2.45, 2.75) is 26.4 Å². The summed E-state index contributed by atoms with van der Waals surface area (Å²) in [7, 11) is 3.29. The van der Waals surface area contributed by atoms with Crippen LogP contribution >= 0.6 is 0 Å². The molecular weight excluding hydrogens is 234 g/mol. The molecule has 16 heavy (non-hydrogen) atoms. The standard InChI is InChI=1S/C9H19NO3.O2S/c1-9(2,3)13-8(11)10(4)6-7-12-5;1-3-2/h6-7H2,1-5H3;. The van der Waals surface area contributed by atoms with Crippen molar-refractivity contribution >= 4 is 17.7 Å². The molecule has 0 radical (unpaired) electrons. The van der Waals surface area contributed by atoms with Gasteiger partial charge in [-0.2, -0.15) is 8.42 Å². The third-order valence-corrected chi connectivity index (χ3v) is 1.34. The normalized spacial score (nSPS) is 9.81. The molecule has 0 atom stereocenters. The van der Waals surface area contributed by atoms with E-state index in [1.54, 1.807) is 14.2 Å². The van der Waals surface area contributed by atoms with Gasteiger partial charge in [-0.05, 0) is 20.8 Å². The summed E-state index contributed by atoms with van der Waals surface area (Å²) in [5.41, 5.74) is -0.432. The van der Waals surface area contributed by atoms with E-state index in [4.69, 9.17) is 17.9 Å². The summed E-state index contributed by atoms with van der Waals surface area (Å²) < 4.78 is 26.6. The highest BCUT2D eigenvalue weighted by Crippen LogP contribution is 2.08. The lowest BCUT2D eigenvalue weighted by Crippen LogP contribution is -2.35. The van der Waals surface area contributed by atoms with Gasteiger partial charge in [-0.3, -0.25) is 0 Å². The Labute approximate surface area is 99.5 Å². The third kappa shape index (κ3) is 13.1. The SMILES string of the molecule is COCCN(C)C(=O)OC(C)(C)C.O=S=O. The van der Waals surface area contributed by atoms with E-state index in [-0.39, 0.29) is 6.09 Å². The molecule has 1 amide bonds. The van der Waals surface area contributed by atoms with E-state index in [1.807, 2.05) is 20.8 Å². The summed E-state index contributed by atoms with van der Waals surface area (Å²) >= 11 is -0.750. The van der Waals surface area contributed by atoms with Crippen molar-refractivity contribution in [2.75, 3.05) is 27.3 Å². The molecule has 0 heterocycles. The van der Waals surface area contributed by atoms with E-state index in [1.165, 1.54) is 4.90 Å². The first-order valence-electron chi connectivity index (χ1n) is 4.63. The third-order valence-electron chi connectivity index (χ3n) is 1.34. The molecule has 0 N–H and O–H groups in total. The Bertz CT molecular complexity index is 233. The van der Waals surface area contributed by atoms with Crippen molar-refractivity contribution in [3.05, 3.63) is 0 Å². The molecule has 0 fully saturated rings. The van der Waals surface area contributed by atoms with Gasteiger partial charge < -0.3 is 14.4 Å². The van der Waals surface area contributed by atoms with Gasteiger partial charge in [-0.25, -0.2) is 4.79 Å². The number of rotatable bonds is 3. The molecule has 0 aliphatic heterocycles. The molecule has 0 aromatic heterocycles. The molecule has 0 aromatic carbocycles. The molecule has 0 unspecified atom stereocenters. The van der Waals surface area contributed by atoms with Crippen LogP contribution in [0.3, 0.4) is 0 Å². The summed E-state index contributed by atoms with van der Waals surface area (Å²) in [5, 5.41) is 0. The maximum Gasteiger partial charge on any atom is 0.410 e. The summed E-state index contributed by atoms with van der Waals surface area (Å²) in [4.78, 5) is 12.8. The summed E-state index contributed by atoms with van der Waals surface area (Å²) in [6.45, 7) is 6.60. The van der Waals surface area contributed by atoms with E-state index < -0.39 is 17.2 Å². The first-order chi connectivity index (χ1) is 7.28. The van der Waals surface area contributed by atoms with E-state index in [0.717, 1.165) is 0 Å². The van der Waals surface area contributed by atoms with Crippen molar-refractivity contribution < 1.29 is 22.7 Å².